The maximum atomic E-state index is 11.7. The molecule has 0 amide bonds. The summed E-state index contributed by atoms with van der Waals surface area (Å²) in [6, 6.07) is 15.0. The minimum absolute atomic E-state index is 0.0837. The Kier molecular flexibility index (Phi) is 7.24. The first-order valence-corrected chi connectivity index (χ1v) is 14.6. The van der Waals surface area contributed by atoms with Gasteiger partial charge >= 0.3 is 10.3 Å². The fraction of sp³-hybridized carbons (Fsp3) is 0.280. The SMILES string of the molecule is COc1cccc(-c2csc(N[C@@H](Cc3ccc(NS(=O)(=O)OC)cc3)c3csc(C4CC4)n3)n2)c1. The Labute approximate surface area is 218 Å². The first-order chi connectivity index (χ1) is 17.4. The van der Waals surface area contributed by atoms with Gasteiger partial charge in [0, 0.05) is 22.2 Å². The van der Waals surface area contributed by atoms with Crippen molar-refractivity contribution in [3.63, 3.8) is 0 Å². The standard InChI is InChI=1S/C25H26N4O4S3/c1-32-20-5-3-4-18(13-20)22-14-35-25(28-22)27-21(23-15-34-24(26-23)17-8-9-17)12-16-6-10-19(11-7-16)29-36(30,31)33-2/h3-7,10-11,13-15,17,21,29H,8-9,12H2,1-2H3,(H,27,28)/t21-/m0/s1. The van der Waals surface area contributed by atoms with Gasteiger partial charge in [0.15, 0.2) is 5.13 Å². The summed E-state index contributed by atoms with van der Waals surface area (Å²) >= 11 is 3.26. The van der Waals surface area contributed by atoms with Crippen molar-refractivity contribution in [3.05, 3.63) is 75.6 Å². The zero-order valence-electron chi connectivity index (χ0n) is 19.8. The van der Waals surface area contributed by atoms with E-state index >= 15 is 0 Å². The molecule has 1 fully saturated rings. The lowest BCUT2D eigenvalue weighted by atomic mass is 10.0. The summed E-state index contributed by atoms with van der Waals surface area (Å²) < 4.78 is 35.5. The molecule has 2 N–H and O–H groups in total. The third kappa shape index (κ3) is 6.04. The number of hydrogen-bond donors (Lipinski definition) is 2. The summed E-state index contributed by atoms with van der Waals surface area (Å²) in [7, 11) is -1.03. The van der Waals surface area contributed by atoms with Gasteiger partial charge in [0.1, 0.15) is 5.75 Å². The molecule has 4 aromatic rings. The summed E-state index contributed by atoms with van der Waals surface area (Å²) in [6.07, 6.45) is 3.08. The fourth-order valence-electron chi connectivity index (χ4n) is 3.74. The Bertz CT molecular complexity index is 1430. The highest BCUT2D eigenvalue weighted by atomic mass is 32.2. The summed E-state index contributed by atoms with van der Waals surface area (Å²) in [5.41, 5.74) is 4.35. The van der Waals surface area contributed by atoms with E-state index in [2.05, 4.69) is 19.6 Å². The lowest BCUT2D eigenvalue weighted by molar-refractivity contribution is 0.402. The normalized spacial score (nSPS) is 14.4. The number of ether oxygens (including phenoxy) is 1. The van der Waals surface area contributed by atoms with Crippen LogP contribution in [0, 0.1) is 0 Å². The number of hydrogen-bond acceptors (Lipinski definition) is 9. The summed E-state index contributed by atoms with van der Waals surface area (Å²) in [5.74, 6) is 1.39. The van der Waals surface area contributed by atoms with Crippen LogP contribution in [0.4, 0.5) is 10.8 Å². The average Bonchev–Trinajstić information content (AvgIpc) is 3.43. The van der Waals surface area contributed by atoms with Gasteiger partial charge in [0.25, 0.3) is 0 Å². The highest BCUT2D eigenvalue weighted by Gasteiger charge is 2.28. The van der Waals surface area contributed by atoms with E-state index in [0.29, 0.717) is 18.0 Å². The van der Waals surface area contributed by atoms with Gasteiger partial charge in [-0.05, 0) is 49.1 Å². The Morgan fingerprint density at radius 3 is 2.58 bits per heavy atom. The lowest BCUT2D eigenvalue weighted by Crippen LogP contribution is -2.15. The van der Waals surface area contributed by atoms with E-state index < -0.39 is 10.3 Å². The van der Waals surface area contributed by atoms with Crippen LogP contribution in [-0.4, -0.2) is 32.6 Å². The molecule has 0 aliphatic heterocycles. The lowest BCUT2D eigenvalue weighted by Gasteiger charge is -2.17. The largest absolute Gasteiger partial charge is 0.497 e. The van der Waals surface area contributed by atoms with Gasteiger partial charge in [-0.25, -0.2) is 9.97 Å². The van der Waals surface area contributed by atoms with Crippen LogP contribution in [0.2, 0.25) is 0 Å². The molecule has 0 radical (unpaired) electrons. The van der Waals surface area contributed by atoms with Crippen molar-refractivity contribution < 1.29 is 17.3 Å². The number of rotatable bonds is 11. The molecule has 1 saturated carbocycles. The van der Waals surface area contributed by atoms with Crippen LogP contribution in [0.5, 0.6) is 5.75 Å². The molecule has 36 heavy (non-hydrogen) atoms. The second-order valence-electron chi connectivity index (χ2n) is 8.48. The molecule has 1 aliphatic carbocycles. The summed E-state index contributed by atoms with van der Waals surface area (Å²) in [5, 5.41) is 9.74. The van der Waals surface area contributed by atoms with Crippen molar-refractivity contribution in [3.8, 4) is 17.0 Å². The smallest absolute Gasteiger partial charge is 0.359 e. The van der Waals surface area contributed by atoms with Crippen LogP contribution < -0.4 is 14.8 Å². The summed E-state index contributed by atoms with van der Waals surface area (Å²) in [6.45, 7) is 0. The molecule has 5 rings (SSSR count). The van der Waals surface area contributed by atoms with Gasteiger partial charge in [-0.1, -0.05) is 24.3 Å². The van der Waals surface area contributed by atoms with Crippen LogP contribution in [-0.2, 0) is 20.9 Å². The molecule has 2 aromatic heterocycles. The average molecular weight is 543 g/mol. The van der Waals surface area contributed by atoms with Gasteiger partial charge < -0.3 is 10.1 Å². The first-order valence-electron chi connectivity index (χ1n) is 11.4. The second kappa shape index (κ2) is 10.6. The number of anilines is 2. The molecule has 0 saturated heterocycles. The highest BCUT2D eigenvalue weighted by Crippen LogP contribution is 2.42. The molecule has 2 aromatic carbocycles. The number of nitrogens with one attached hydrogen (secondary N) is 2. The Morgan fingerprint density at radius 1 is 1.06 bits per heavy atom. The molecule has 0 bridgehead atoms. The van der Waals surface area contributed by atoms with Gasteiger partial charge in [-0.2, -0.15) is 8.42 Å². The minimum Gasteiger partial charge on any atom is -0.497 e. The van der Waals surface area contributed by atoms with Gasteiger partial charge in [0.05, 0.1) is 42.3 Å². The molecule has 1 aliphatic rings. The molecule has 11 heteroatoms. The van der Waals surface area contributed by atoms with Gasteiger partial charge in [-0.3, -0.25) is 8.91 Å². The number of aromatic nitrogens is 2. The molecule has 1 atom stereocenters. The van der Waals surface area contributed by atoms with Crippen LogP contribution in [0.3, 0.4) is 0 Å². The maximum absolute atomic E-state index is 11.7. The van der Waals surface area contributed by atoms with E-state index in [1.54, 1.807) is 41.9 Å². The van der Waals surface area contributed by atoms with E-state index in [1.807, 2.05) is 41.8 Å². The Balaban J connectivity index is 1.36. The van der Waals surface area contributed by atoms with Crippen molar-refractivity contribution in [2.75, 3.05) is 24.3 Å². The molecule has 0 unspecified atom stereocenters. The first kappa shape index (κ1) is 24.7. The van der Waals surface area contributed by atoms with Crippen molar-refractivity contribution in [1.82, 2.24) is 9.97 Å². The van der Waals surface area contributed by atoms with E-state index in [-0.39, 0.29) is 6.04 Å². The van der Waals surface area contributed by atoms with Crippen LogP contribution in [0.15, 0.2) is 59.3 Å². The Hall–Kier alpha value is -2.99. The maximum Gasteiger partial charge on any atom is 0.359 e. The van der Waals surface area contributed by atoms with Crippen molar-refractivity contribution in [1.29, 1.82) is 0 Å². The summed E-state index contributed by atoms with van der Waals surface area (Å²) in [4.78, 5) is 9.76. The molecular weight excluding hydrogens is 517 g/mol. The molecule has 8 nitrogen and oxygen atoms in total. The predicted octanol–water partition coefficient (Wildman–Crippen LogP) is 5.85. The fourth-order valence-corrected chi connectivity index (χ4v) is 6.07. The number of benzene rings is 2. The number of nitrogens with zero attached hydrogens (tertiary/aromatic N) is 2. The number of thiazole rings is 2. The van der Waals surface area contributed by atoms with E-state index in [9.17, 15) is 8.42 Å². The van der Waals surface area contributed by atoms with Crippen LogP contribution in [0.25, 0.3) is 11.3 Å². The minimum atomic E-state index is -3.80. The Morgan fingerprint density at radius 2 is 1.86 bits per heavy atom. The molecular formula is C25H26N4O4S3. The second-order valence-corrected chi connectivity index (χ2v) is 11.7. The van der Waals surface area contributed by atoms with Gasteiger partial charge in [0.2, 0.25) is 0 Å². The van der Waals surface area contributed by atoms with Crippen LogP contribution in [0.1, 0.15) is 41.1 Å². The van der Waals surface area contributed by atoms with Gasteiger partial charge in [-0.15, -0.1) is 22.7 Å². The van der Waals surface area contributed by atoms with E-state index in [1.165, 1.54) is 17.8 Å². The molecule has 2 heterocycles. The third-order valence-corrected chi connectivity index (χ3v) is 8.57. The quantitative estimate of drug-likeness (QED) is 0.245. The van der Waals surface area contributed by atoms with Crippen LogP contribution >= 0.6 is 22.7 Å². The van der Waals surface area contributed by atoms with E-state index in [0.717, 1.165) is 40.5 Å². The third-order valence-electron chi connectivity index (χ3n) is 5.85. The predicted molar refractivity (Wildman–Crippen MR) is 144 cm³/mol. The topological polar surface area (TPSA) is 102 Å². The monoisotopic (exact) mass is 542 g/mol. The van der Waals surface area contributed by atoms with Crippen molar-refractivity contribution in [2.45, 2.75) is 31.2 Å². The molecule has 188 valence electrons. The van der Waals surface area contributed by atoms with E-state index in [4.69, 9.17) is 14.7 Å². The highest BCUT2D eigenvalue weighted by molar-refractivity contribution is 7.88. The zero-order valence-corrected chi connectivity index (χ0v) is 22.3. The zero-order chi connectivity index (χ0) is 25.1. The van der Waals surface area contributed by atoms with Crippen molar-refractivity contribution >= 4 is 43.8 Å². The number of methoxy groups -OCH3 is 1. The molecule has 0 spiro atoms. The van der Waals surface area contributed by atoms with Crippen molar-refractivity contribution in [2.24, 2.45) is 0 Å².